The van der Waals surface area contributed by atoms with Gasteiger partial charge >= 0.3 is 12.4 Å². The monoisotopic (exact) mass is 499 g/mol. The number of rotatable bonds is 4. The van der Waals surface area contributed by atoms with Crippen LogP contribution in [0.5, 0.6) is 0 Å². The van der Waals surface area contributed by atoms with Crippen molar-refractivity contribution in [3.8, 4) is 0 Å². The largest absolute Gasteiger partial charge is 0.416 e. The van der Waals surface area contributed by atoms with E-state index in [1.807, 2.05) is 0 Å². The molecule has 14 heteroatoms. The second kappa shape index (κ2) is 7.70. The Hall–Kier alpha value is -2.19. The van der Waals surface area contributed by atoms with Gasteiger partial charge in [0.1, 0.15) is 0 Å². The van der Waals surface area contributed by atoms with Crippen LogP contribution >= 0.6 is 11.3 Å². The number of thiazole rings is 1. The Morgan fingerprint density at radius 1 is 1.06 bits per heavy atom. The van der Waals surface area contributed by atoms with Crippen molar-refractivity contribution >= 4 is 32.4 Å². The van der Waals surface area contributed by atoms with Gasteiger partial charge in [-0.05, 0) is 31.0 Å². The normalized spacial score (nSPS) is 17.8. The highest BCUT2D eigenvalue weighted by Crippen LogP contribution is 2.38. The zero-order valence-electron chi connectivity index (χ0n) is 16.0. The number of anilines is 1. The van der Waals surface area contributed by atoms with Gasteiger partial charge in [0.2, 0.25) is 10.0 Å². The molecular weight excluding hydrogens is 484 g/mol. The smallest absolute Gasteiger partial charge is 0.298 e. The molecule has 0 radical (unpaired) electrons. The van der Waals surface area contributed by atoms with E-state index in [9.17, 15) is 39.6 Å². The van der Waals surface area contributed by atoms with Gasteiger partial charge in [-0.1, -0.05) is 0 Å². The molecule has 0 bridgehead atoms. The lowest BCUT2D eigenvalue weighted by Crippen LogP contribution is -2.37. The maximum Gasteiger partial charge on any atom is 0.416 e. The number of alkyl halides is 6. The summed E-state index contributed by atoms with van der Waals surface area (Å²) in [7, 11) is -3.41. The second-order valence-corrected chi connectivity index (χ2v) is 10.8. The SMILES string of the molecule is O=C(Nc1nc2c(s1)CN(S(=O)(=O)C1CC1)CC2)c1cc(C(F)(F)F)cc(C(F)(F)F)c1. The Kier molecular flexibility index (Phi) is 5.53. The highest BCUT2D eigenvalue weighted by molar-refractivity contribution is 7.90. The molecule has 1 aliphatic heterocycles. The van der Waals surface area contributed by atoms with Gasteiger partial charge in [0.15, 0.2) is 5.13 Å². The third-order valence-electron chi connectivity index (χ3n) is 5.07. The van der Waals surface area contributed by atoms with Crippen molar-refractivity contribution in [3.63, 3.8) is 0 Å². The number of amides is 1. The summed E-state index contributed by atoms with van der Waals surface area (Å²) in [6, 6.07) is 0.609. The zero-order valence-corrected chi connectivity index (χ0v) is 17.7. The van der Waals surface area contributed by atoms with Gasteiger partial charge in [0, 0.05) is 30.0 Å². The standard InChI is InChI=1S/C18H15F6N3O3S2/c19-17(20,21)10-5-9(6-11(7-10)18(22,23)24)15(28)26-16-25-13-3-4-27(8-14(13)31-16)32(29,30)12-1-2-12/h5-7,12H,1-4,8H2,(H,25,26,28). The molecule has 0 saturated heterocycles. The topological polar surface area (TPSA) is 79.4 Å². The third-order valence-corrected chi connectivity index (χ3v) is 8.42. The Labute approximate surface area is 182 Å². The van der Waals surface area contributed by atoms with Gasteiger partial charge < -0.3 is 0 Å². The van der Waals surface area contributed by atoms with Crippen LogP contribution in [0.2, 0.25) is 0 Å². The molecule has 1 fully saturated rings. The van der Waals surface area contributed by atoms with E-state index in [0.717, 1.165) is 11.3 Å². The molecule has 2 heterocycles. The number of carbonyl (C=O) groups excluding carboxylic acids is 1. The number of hydrogen-bond acceptors (Lipinski definition) is 5. The number of hydrogen-bond donors (Lipinski definition) is 1. The molecular formula is C18H15F6N3O3S2. The van der Waals surface area contributed by atoms with Crippen LogP contribution in [0.4, 0.5) is 31.5 Å². The van der Waals surface area contributed by atoms with Crippen LogP contribution in [0.3, 0.4) is 0 Å². The van der Waals surface area contributed by atoms with E-state index in [4.69, 9.17) is 0 Å². The summed E-state index contributed by atoms with van der Waals surface area (Å²) in [5.41, 5.74) is -3.49. The average Bonchev–Trinajstić information content (AvgIpc) is 3.47. The molecule has 1 N–H and O–H groups in total. The first-order valence-corrected chi connectivity index (χ1v) is 11.7. The van der Waals surface area contributed by atoms with E-state index in [-0.39, 0.29) is 36.0 Å². The van der Waals surface area contributed by atoms with Crippen LogP contribution in [-0.4, -0.2) is 35.4 Å². The minimum atomic E-state index is -5.08. The van der Waals surface area contributed by atoms with Gasteiger partial charge in [0.05, 0.1) is 22.1 Å². The summed E-state index contributed by atoms with van der Waals surface area (Å²) < 4.78 is 104. The minimum Gasteiger partial charge on any atom is -0.298 e. The fourth-order valence-electron chi connectivity index (χ4n) is 3.27. The summed E-state index contributed by atoms with van der Waals surface area (Å²) in [6.07, 6.45) is -8.66. The van der Waals surface area contributed by atoms with Crippen molar-refractivity contribution in [2.45, 2.75) is 43.4 Å². The number of aromatic nitrogens is 1. The molecule has 32 heavy (non-hydrogen) atoms. The van der Waals surface area contributed by atoms with Gasteiger partial charge in [0.25, 0.3) is 5.91 Å². The van der Waals surface area contributed by atoms with E-state index in [0.29, 0.717) is 35.5 Å². The van der Waals surface area contributed by atoms with Crippen LogP contribution < -0.4 is 5.32 Å². The molecule has 1 amide bonds. The summed E-state index contributed by atoms with van der Waals surface area (Å²) in [5, 5.41) is 1.81. The zero-order chi connectivity index (χ0) is 23.5. The lowest BCUT2D eigenvalue weighted by atomic mass is 10.0. The Morgan fingerprint density at radius 3 is 2.19 bits per heavy atom. The van der Waals surface area contributed by atoms with Crippen molar-refractivity contribution in [2.24, 2.45) is 0 Å². The highest BCUT2D eigenvalue weighted by Gasteiger charge is 2.42. The Morgan fingerprint density at radius 2 is 1.66 bits per heavy atom. The number of sulfonamides is 1. The molecule has 1 saturated carbocycles. The number of benzene rings is 1. The number of nitrogens with one attached hydrogen (secondary N) is 1. The van der Waals surface area contributed by atoms with Crippen molar-refractivity contribution in [3.05, 3.63) is 45.5 Å². The molecule has 1 aromatic heterocycles. The maximum atomic E-state index is 13.0. The number of halogens is 6. The predicted molar refractivity (Wildman–Crippen MR) is 103 cm³/mol. The van der Waals surface area contributed by atoms with Crippen molar-refractivity contribution < 1.29 is 39.6 Å². The van der Waals surface area contributed by atoms with E-state index < -0.39 is 45.0 Å². The second-order valence-electron chi connectivity index (χ2n) is 7.47. The highest BCUT2D eigenvalue weighted by atomic mass is 32.2. The molecule has 174 valence electrons. The van der Waals surface area contributed by atoms with Crippen LogP contribution in [0, 0.1) is 0 Å². The van der Waals surface area contributed by atoms with E-state index >= 15 is 0 Å². The summed E-state index contributed by atoms with van der Waals surface area (Å²) >= 11 is 0.936. The molecule has 2 aromatic rings. The Balaban J connectivity index is 1.56. The molecule has 4 rings (SSSR count). The molecule has 2 aliphatic rings. The quantitative estimate of drug-likeness (QED) is 0.637. The predicted octanol–water partition coefficient (Wildman–Crippen LogP) is 4.28. The lowest BCUT2D eigenvalue weighted by Gasteiger charge is -2.25. The third kappa shape index (κ3) is 4.62. The van der Waals surface area contributed by atoms with Crippen molar-refractivity contribution in [1.29, 1.82) is 0 Å². The first kappa shape index (κ1) is 23.0. The van der Waals surface area contributed by atoms with Gasteiger partial charge in [-0.3, -0.25) is 10.1 Å². The van der Waals surface area contributed by atoms with Crippen LogP contribution in [0.15, 0.2) is 18.2 Å². The number of carbonyl (C=O) groups is 1. The molecule has 0 atom stereocenters. The van der Waals surface area contributed by atoms with E-state index in [1.54, 1.807) is 0 Å². The average molecular weight is 499 g/mol. The van der Waals surface area contributed by atoms with Gasteiger partial charge in [-0.15, -0.1) is 11.3 Å². The minimum absolute atomic E-state index is 0.0309. The van der Waals surface area contributed by atoms with E-state index in [1.165, 1.54) is 4.31 Å². The van der Waals surface area contributed by atoms with Crippen LogP contribution in [0.25, 0.3) is 0 Å². The Bertz CT molecular complexity index is 1140. The number of nitrogens with zero attached hydrogens (tertiary/aromatic N) is 2. The summed E-state index contributed by atoms with van der Waals surface area (Å²) in [6.45, 7) is 0.273. The fraction of sp³-hybridized carbons (Fsp3) is 0.444. The van der Waals surface area contributed by atoms with Crippen molar-refractivity contribution in [2.75, 3.05) is 11.9 Å². The molecule has 0 spiro atoms. The first-order valence-electron chi connectivity index (χ1n) is 9.33. The lowest BCUT2D eigenvalue weighted by molar-refractivity contribution is -0.143. The van der Waals surface area contributed by atoms with Crippen LogP contribution in [0.1, 0.15) is 44.9 Å². The van der Waals surface area contributed by atoms with Crippen molar-refractivity contribution in [1.82, 2.24) is 9.29 Å². The summed E-state index contributed by atoms with van der Waals surface area (Å²) in [4.78, 5) is 17.1. The number of fused-ring (bicyclic) bond motifs is 1. The van der Waals surface area contributed by atoms with Gasteiger partial charge in [-0.2, -0.15) is 30.6 Å². The van der Waals surface area contributed by atoms with Crippen LogP contribution in [-0.2, 0) is 35.3 Å². The van der Waals surface area contributed by atoms with Gasteiger partial charge in [-0.25, -0.2) is 13.4 Å². The summed E-state index contributed by atoms with van der Waals surface area (Å²) in [5.74, 6) is -1.19. The molecule has 1 aliphatic carbocycles. The molecule has 6 nitrogen and oxygen atoms in total. The molecule has 0 unspecified atom stereocenters. The van der Waals surface area contributed by atoms with E-state index in [2.05, 4.69) is 10.3 Å². The fourth-order valence-corrected chi connectivity index (χ4v) is 6.18. The molecule has 1 aromatic carbocycles. The maximum absolute atomic E-state index is 13.0. The first-order chi connectivity index (χ1) is 14.7.